The Labute approximate surface area is 195 Å². The normalized spacial score (nSPS) is 13.5. The van der Waals surface area contributed by atoms with Crippen molar-refractivity contribution >= 4 is 43.7 Å². The van der Waals surface area contributed by atoms with Crippen molar-refractivity contribution in [2.24, 2.45) is 0 Å². The highest BCUT2D eigenvalue weighted by Gasteiger charge is 2.30. The van der Waals surface area contributed by atoms with Gasteiger partial charge in [-0.1, -0.05) is 47.5 Å². The second-order valence-corrected chi connectivity index (χ2v) is 10.8. The van der Waals surface area contributed by atoms with Gasteiger partial charge in [-0.15, -0.1) is 11.3 Å². The van der Waals surface area contributed by atoms with Crippen LogP contribution in [0.25, 0.3) is 54.8 Å². The van der Waals surface area contributed by atoms with E-state index in [9.17, 15) is 0 Å². The van der Waals surface area contributed by atoms with E-state index in [0.29, 0.717) is 0 Å². The topological polar surface area (TPSA) is 25.8 Å². The summed E-state index contributed by atoms with van der Waals surface area (Å²) >= 11 is 2.00. The van der Waals surface area contributed by atoms with Gasteiger partial charge in [0.1, 0.15) is 0 Å². The van der Waals surface area contributed by atoms with Crippen LogP contribution in [0.3, 0.4) is 0 Å². The molecule has 0 saturated heterocycles. The molecule has 8 rings (SSSR count). The molecule has 0 atom stereocenters. The Balaban J connectivity index is 1.42. The Morgan fingerprint density at radius 2 is 1.12 bits per heavy atom. The van der Waals surface area contributed by atoms with Crippen molar-refractivity contribution in [1.29, 1.82) is 0 Å². The highest BCUT2D eigenvalue weighted by atomic mass is 32.1. The molecule has 0 spiro atoms. The van der Waals surface area contributed by atoms with Gasteiger partial charge in [0.25, 0.3) is 0 Å². The first-order valence-electron chi connectivity index (χ1n) is 11.5. The third-order valence-corrected chi connectivity index (χ3v) is 8.69. The lowest BCUT2D eigenvalue weighted by atomic mass is 9.83. The van der Waals surface area contributed by atoms with Crippen molar-refractivity contribution in [3.63, 3.8) is 0 Å². The van der Waals surface area contributed by atoms with Gasteiger partial charge in [0, 0.05) is 67.7 Å². The maximum Gasteiger partial charge on any atom is 0.0750 e. The van der Waals surface area contributed by atoms with Crippen LogP contribution >= 0.6 is 11.3 Å². The summed E-state index contributed by atoms with van der Waals surface area (Å²) in [5.41, 5.74) is 10.2. The third kappa shape index (κ3) is 2.28. The number of rotatable bonds is 0. The molecule has 0 saturated carbocycles. The van der Waals surface area contributed by atoms with Crippen LogP contribution in [0.5, 0.6) is 0 Å². The van der Waals surface area contributed by atoms with Crippen molar-refractivity contribution in [2.75, 3.05) is 0 Å². The Morgan fingerprint density at radius 1 is 0.636 bits per heavy atom. The second kappa shape index (κ2) is 6.06. The van der Waals surface area contributed by atoms with Crippen molar-refractivity contribution in [1.82, 2.24) is 9.97 Å². The summed E-state index contributed by atoms with van der Waals surface area (Å²) in [4.78, 5) is 12.9. The summed E-state index contributed by atoms with van der Waals surface area (Å²) in [6.45, 7) is 4.30. The first-order chi connectivity index (χ1) is 16.2. The van der Waals surface area contributed by atoms with Gasteiger partial charge in [0.2, 0.25) is 0 Å². The molecule has 6 aromatic rings. The molecule has 2 nitrogen and oxygen atoms in total. The smallest absolute Gasteiger partial charge is 0.0750 e. The molecule has 0 amide bonds. The van der Waals surface area contributed by atoms with E-state index in [2.05, 4.69) is 74.8 Å². The monoisotopic (exact) mass is 440 g/mol. The minimum absolute atomic E-state index is 0.962. The zero-order chi connectivity index (χ0) is 21.8. The number of fused-ring (bicyclic) bond motifs is 8. The summed E-state index contributed by atoms with van der Waals surface area (Å²) in [6.07, 6.45) is 6.03. The van der Waals surface area contributed by atoms with Gasteiger partial charge < -0.3 is 0 Å². The first-order valence-corrected chi connectivity index (χ1v) is 12.3. The fraction of sp³-hybridized carbons (Fsp3) is 0.133. The van der Waals surface area contributed by atoms with E-state index < -0.39 is 0 Å². The number of aryl methyl sites for hydroxylation is 2. The maximum atomic E-state index is 4.98. The van der Waals surface area contributed by atoms with Crippen molar-refractivity contribution < 1.29 is 0 Å². The largest absolute Gasteiger partial charge is 0.255 e. The van der Waals surface area contributed by atoms with E-state index in [1.54, 1.807) is 0 Å². The Kier molecular flexibility index (Phi) is 3.29. The molecule has 0 bridgehead atoms. The van der Waals surface area contributed by atoms with Gasteiger partial charge in [-0.05, 0) is 47.9 Å². The van der Waals surface area contributed by atoms with E-state index in [0.717, 1.165) is 24.2 Å². The zero-order valence-electron chi connectivity index (χ0n) is 18.5. The Hall–Kier alpha value is -3.56. The average Bonchev–Trinajstić information content (AvgIpc) is 3.19. The van der Waals surface area contributed by atoms with Crippen LogP contribution in [0.1, 0.15) is 32.0 Å². The zero-order valence-corrected chi connectivity index (χ0v) is 19.3. The molecule has 33 heavy (non-hydrogen) atoms. The predicted octanol–water partition coefficient (Wildman–Crippen LogP) is 7.76. The molecule has 2 aliphatic rings. The van der Waals surface area contributed by atoms with Crippen LogP contribution in [0.15, 0.2) is 60.9 Å². The molecule has 0 N–H and O–H groups in total. The molecule has 2 aliphatic carbocycles. The van der Waals surface area contributed by atoms with Crippen LogP contribution in [-0.2, 0) is 12.8 Å². The Bertz CT molecular complexity index is 1710. The van der Waals surface area contributed by atoms with E-state index in [1.165, 1.54) is 75.5 Å². The number of nitrogens with zero attached hydrogens (tertiary/aromatic N) is 2. The lowest BCUT2D eigenvalue weighted by Gasteiger charge is -2.22. The summed E-state index contributed by atoms with van der Waals surface area (Å²) in [6, 6.07) is 18.1. The summed E-state index contributed by atoms with van der Waals surface area (Å²) in [5, 5.41) is 7.98. The molecule has 3 aromatic carbocycles. The third-order valence-electron chi connectivity index (χ3n) is 7.50. The van der Waals surface area contributed by atoms with Crippen molar-refractivity contribution in [3.05, 3.63) is 92.9 Å². The summed E-state index contributed by atoms with van der Waals surface area (Å²) < 4.78 is 0. The van der Waals surface area contributed by atoms with E-state index in [4.69, 9.17) is 9.97 Å². The summed E-state index contributed by atoms with van der Waals surface area (Å²) in [7, 11) is 0. The second-order valence-electron chi connectivity index (χ2n) is 9.56. The first kappa shape index (κ1) is 17.9. The number of hydrogen-bond acceptors (Lipinski definition) is 3. The quantitative estimate of drug-likeness (QED) is 0.241. The lowest BCUT2D eigenvalue weighted by Crippen LogP contribution is -2.04. The van der Waals surface area contributed by atoms with Gasteiger partial charge in [-0.3, -0.25) is 9.97 Å². The number of thiophene rings is 1. The van der Waals surface area contributed by atoms with Gasteiger partial charge in [0.15, 0.2) is 0 Å². The molecule has 0 fully saturated rings. The molecule has 0 radical (unpaired) electrons. The number of pyridine rings is 2. The molecule has 0 aliphatic heterocycles. The standard InChI is InChI=1S/C30H20N2S/c1-15-3-5-19-17(9-15)13-31-29-21-7-8-22-28-26(33-25(27(21)28)11-23(19)29)12-24-20-6-4-16(2)10-18(20)14-32-30(22)24/h3-10,13-14H,11-12H2,1-2H3. The van der Waals surface area contributed by atoms with Crippen LogP contribution in [0.2, 0.25) is 0 Å². The number of hydrogen-bond donors (Lipinski definition) is 0. The predicted molar refractivity (Wildman–Crippen MR) is 138 cm³/mol. The van der Waals surface area contributed by atoms with E-state index in [-0.39, 0.29) is 0 Å². The van der Waals surface area contributed by atoms with E-state index in [1.807, 2.05) is 11.3 Å². The van der Waals surface area contributed by atoms with Gasteiger partial charge in [-0.2, -0.15) is 0 Å². The number of benzene rings is 3. The molecule has 3 aromatic heterocycles. The highest BCUT2D eigenvalue weighted by Crippen LogP contribution is 2.51. The Morgan fingerprint density at radius 3 is 1.61 bits per heavy atom. The molecule has 3 heterocycles. The molecule has 0 unspecified atom stereocenters. The van der Waals surface area contributed by atoms with Crippen LogP contribution < -0.4 is 0 Å². The SMILES string of the molecule is Cc1ccc2c3c(ncc2c1)-c1ccc2c4c(sc(c14)C3)Cc1c-2ncc2cc(C)ccc12. The summed E-state index contributed by atoms with van der Waals surface area (Å²) in [5.74, 6) is 0. The number of aromatic nitrogens is 2. The van der Waals surface area contributed by atoms with Crippen LogP contribution in [-0.4, -0.2) is 9.97 Å². The fourth-order valence-electron chi connectivity index (χ4n) is 6.03. The van der Waals surface area contributed by atoms with Gasteiger partial charge in [0.05, 0.1) is 11.4 Å². The van der Waals surface area contributed by atoms with Crippen molar-refractivity contribution in [3.8, 4) is 22.5 Å². The maximum absolute atomic E-state index is 4.98. The minimum atomic E-state index is 0.962. The van der Waals surface area contributed by atoms with Gasteiger partial charge in [-0.25, -0.2) is 0 Å². The fourth-order valence-corrected chi connectivity index (χ4v) is 7.38. The molecule has 156 valence electrons. The lowest BCUT2D eigenvalue weighted by molar-refractivity contribution is 1.19. The molecular formula is C30H20N2S. The van der Waals surface area contributed by atoms with Crippen LogP contribution in [0.4, 0.5) is 0 Å². The molecular weight excluding hydrogens is 420 g/mol. The van der Waals surface area contributed by atoms with Crippen LogP contribution in [0, 0.1) is 13.8 Å². The van der Waals surface area contributed by atoms with E-state index >= 15 is 0 Å². The molecule has 3 heteroatoms. The van der Waals surface area contributed by atoms with Gasteiger partial charge >= 0.3 is 0 Å². The average molecular weight is 441 g/mol. The minimum Gasteiger partial charge on any atom is -0.255 e. The van der Waals surface area contributed by atoms with Crippen molar-refractivity contribution in [2.45, 2.75) is 26.7 Å². The highest BCUT2D eigenvalue weighted by molar-refractivity contribution is 7.14.